The van der Waals surface area contributed by atoms with Gasteiger partial charge in [0, 0.05) is 18.9 Å². The molecule has 1 aromatic heterocycles. The normalized spacial score (nSPS) is 18.1. The number of aromatic nitrogens is 1. The van der Waals surface area contributed by atoms with Gasteiger partial charge in [-0.2, -0.15) is 0 Å². The van der Waals surface area contributed by atoms with Crippen molar-refractivity contribution < 1.29 is 8.42 Å². The Labute approximate surface area is 120 Å². The smallest absolute Gasteiger partial charge is 0.244 e. The Kier molecular flexibility index (Phi) is 4.62. The minimum Gasteiger partial charge on any atom is -0.323 e. The quantitative estimate of drug-likeness (QED) is 0.547. The molecule has 0 unspecified atom stereocenters. The van der Waals surface area contributed by atoms with E-state index in [4.69, 9.17) is 5.84 Å². The first-order chi connectivity index (χ1) is 9.53. The van der Waals surface area contributed by atoms with Gasteiger partial charge in [-0.1, -0.05) is 19.8 Å². The van der Waals surface area contributed by atoms with Gasteiger partial charge >= 0.3 is 0 Å². The number of nitrogens with two attached hydrogens (primary N) is 1. The van der Waals surface area contributed by atoms with E-state index in [0.717, 1.165) is 19.3 Å². The Hall–Kier alpha value is -1.18. The van der Waals surface area contributed by atoms with Crippen LogP contribution >= 0.6 is 0 Å². The average molecular weight is 298 g/mol. The van der Waals surface area contributed by atoms with Crippen LogP contribution in [-0.2, 0) is 10.0 Å². The van der Waals surface area contributed by atoms with E-state index < -0.39 is 10.0 Å². The van der Waals surface area contributed by atoms with Crippen molar-refractivity contribution in [1.82, 2.24) is 9.71 Å². The zero-order valence-electron chi connectivity index (χ0n) is 11.7. The Morgan fingerprint density at radius 3 is 2.70 bits per heavy atom. The van der Waals surface area contributed by atoms with E-state index in [9.17, 15) is 8.42 Å². The number of nitrogens with one attached hydrogen (secondary N) is 2. The number of nitrogen functional groups attached to an aromatic ring is 1. The summed E-state index contributed by atoms with van der Waals surface area (Å²) in [5.41, 5.74) is 2.85. The average Bonchev–Trinajstić information content (AvgIpc) is 2.95. The van der Waals surface area contributed by atoms with Crippen molar-refractivity contribution in [1.29, 1.82) is 0 Å². The van der Waals surface area contributed by atoms with Crippen molar-refractivity contribution in [3.05, 3.63) is 18.5 Å². The van der Waals surface area contributed by atoms with Crippen molar-refractivity contribution in [3.63, 3.8) is 0 Å². The van der Waals surface area contributed by atoms with Gasteiger partial charge in [-0.15, -0.1) is 0 Å². The summed E-state index contributed by atoms with van der Waals surface area (Å²) in [6, 6.07) is 1.54. The zero-order chi connectivity index (χ0) is 14.6. The molecular weight excluding hydrogens is 276 g/mol. The van der Waals surface area contributed by atoms with E-state index in [1.807, 2.05) is 0 Å². The highest BCUT2D eigenvalue weighted by Gasteiger charge is 2.33. The minimum atomic E-state index is -3.59. The number of pyridine rings is 1. The molecule has 2 rings (SSSR count). The second-order valence-electron chi connectivity index (χ2n) is 5.40. The molecule has 1 aliphatic carbocycles. The molecule has 0 aliphatic heterocycles. The predicted molar refractivity (Wildman–Crippen MR) is 78.4 cm³/mol. The van der Waals surface area contributed by atoms with Crippen LogP contribution in [0, 0.1) is 5.41 Å². The highest BCUT2D eigenvalue weighted by molar-refractivity contribution is 7.89. The van der Waals surface area contributed by atoms with Gasteiger partial charge in [0.25, 0.3) is 0 Å². The van der Waals surface area contributed by atoms with Crippen LogP contribution in [0.15, 0.2) is 23.4 Å². The summed E-state index contributed by atoms with van der Waals surface area (Å²) >= 11 is 0. The molecule has 1 saturated carbocycles. The van der Waals surface area contributed by atoms with Crippen molar-refractivity contribution >= 4 is 15.7 Å². The third kappa shape index (κ3) is 3.11. The van der Waals surface area contributed by atoms with Crippen molar-refractivity contribution in [2.24, 2.45) is 11.3 Å². The maximum absolute atomic E-state index is 12.4. The van der Waals surface area contributed by atoms with Gasteiger partial charge in [-0.05, 0) is 30.7 Å². The lowest BCUT2D eigenvalue weighted by molar-refractivity contribution is 0.285. The zero-order valence-corrected chi connectivity index (χ0v) is 12.5. The van der Waals surface area contributed by atoms with Crippen molar-refractivity contribution in [2.45, 2.75) is 43.9 Å². The van der Waals surface area contributed by atoms with Gasteiger partial charge in [0.05, 0.1) is 5.69 Å². The lowest BCUT2D eigenvalue weighted by Gasteiger charge is -2.27. The van der Waals surface area contributed by atoms with Crippen LogP contribution in [0.5, 0.6) is 0 Å². The third-order valence-corrected chi connectivity index (χ3v) is 5.71. The van der Waals surface area contributed by atoms with Crippen LogP contribution in [0.25, 0.3) is 0 Å². The van der Waals surface area contributed by atoms with Gasteiger partial charge in [0.15, 0.2) is 0 Å². The Morgan fingerprint density at radius 2 is 2.10 bits per heavy atom. The molecule has 7 heteroatoms. The summed E-state index contributed by atoms with van der Waals surface area (Å²) in [5.74, 6) is 5.35. The molecule has 20 heavy (non-hydrogen) atoms. The number of sulfonamides is 1. The summed E-state index contributed by atoms with van der Waals surface area (Å²) in [6.45, 7) is 2.60. The molecule has 1 aliphatic rings. The number of hydrogen-bond acceptors (Lipinski definition) is 5. The molecule has 1 fully saturated rings. The highest BCUT2D eigenvalue weighted by Crippen LogP contribution is 2.40. The molecule has 1 aromatic rings. The SMILES string of the molecule is CCC1(CNS(=O)(=O)c2cnccc2NN)CCCC1. The molecular formula is C13H22N4O2S. The summed E-state index contributed by atoms with van der Waals surface area (Å²) in [7, 11) is -3.59. The van der Waals surface area contributed by atoms with Gasteiger partial charge in [-0.25, -0.2) is 13.1 Å². The fourth-order valence-corrected chi connectivity index (χ4v) is 4.09. The van der Waals surface area contributed by atoms with Crippen LogP contribution in [0.1, 0.15) is 39.0 Å². The van der Waals surface area contributed by atoms with E-state index in [2.05, 4.69) is 22.1 Å². The van der Waals surface area contributed by atoms with Gasteiger partial charge in [0.2, 0.25) is 10.0 Å². The van der Waals surface area contributed by atoms with Gasteiger partial charge < -0.3 is 5.43 Å². The second kappa shape index (κ2) is 6.07. The largest absolute Gasteiger partial charge is 0.323 e. The number of hydrazine groups is 1. The Morgan fingerprint density at radius 1 is 1.40 bits per heavy atom. The standard InChI is InChI=1S/C13H22N4O2S/c1-2-13(6-3-4-7-13)10-16-20(18,19)12-9-15-8-5-11(12)17-14/h5,8-9,16H,2-4,6-7,10,14H2,1H3,(H,15,17). The molecule has 1 heterocycles. The first kappa shape index (κ1) is 15.2. The summed E-state index contributed by atoms with van der Waals surface area (Å²) in [6.07, 6.45) is 8.33. The van der Waals surface area contributed by atoms with E-state index >= 15 is 0 Å². The molecule has 0 aromatic carbocycles. The number of rotatable bonds is 6. The topological polar surface area (TPSA) is 97.1 Å². The molecule has 6 nitrogen and oxygen atoms in total. The second-order valence-corrected chi connectivity index (χ2v) is 7.14. The minimum absolute atomic E-state index is 0.0896. The predicted octanol–water partition coefficient (Wildman–Crippen LogP) is 1.62. The van der Waals surface area contributed by atoms with E-state index in [0.29, 0.717) is 12.2 Å². The molecule has 0 spiro atoms. The van der Waals surface area contributed by atoms with E-state index in [1.54, 1.807) is 6.07 Å². The number of hydrogen-bond donors (Lipinski definition) is 3. The lowest BCUT2D eigenvalue weighted by atomic mass is 9.84. The van der Waals surface area contributed by atoms with E-state index in [-0.39, 0.29) is 10.3 Å². The fraction of sp³-hybridized carbons (Fsp3) is 0.615. The molecule has 0 atom stereocenters. The molecule has 112 valence electrons. The first-order valence-electron chi connectivity index (χ1n) is 6.93. The van der Waals surface area contributed by atoms with E-state index in [1.165, 1.54) is 25.2 Å². The summed E-state index contributed by atoms with van der Waals surface area (Å²) in [4.78, 5) is 3.95. The fourth-order valence-electron chi connectivity index (χ4n) is 2.82. The first-order valence-corrected chi connectivity index (χ1v) is 8.42. The van der Waals surface area contributed by atoms with Crippen LogP contribution in [0.2, 0.25) is 0 Å². The summed E-state index contributed by atoms with van der Waals surface area (Å²) < 4.78 is 27.5. The third-order valence-electron chi connectivity index (χ3n) is 4.28. The maximum Gasteiger partial charge on any atom is 0.244 e. The highest BCUT2D eigenvalue weighted by atomic mass is 32.2. The van der Waals surface area contributed by atoms with Gasteiger partial charge in [0.1, 0.15) is 4.90 Å². The number of nitrogens with zero attached hydrogens (tertiary/aromatic N) is 1. The monoisotopic (exact) mass is 298 g/mol. The van der Waals surface area contributed by atoms with Crippen LogP contribution in [0.4, 0.5) is 5.69 Å². The van der Waals surface area contributed by atoms with Crippen LogP contribution in [0.3, 0.4) is 0 Å². The molecule has 4 N–H and O–H groups in total. The van der Waals surface area contributed by atoms with Crippen molar-refractivity contribution in [2.75, 3.05) is 12.0 Å². The number of anilines is 1. The Balaban J connectivity index is 2.15. The van der Waals surface area contributed by atoms with Gasteiger partial charge in [-0.3, -0.25) is 10.8 Å². The summed E-state index contributed by atoms with van der Waals surface area (Å²) in [5, 5.41) is 0. The molecule has 0 amide bonds. The molecule has 0 radical (unpaired) electrons. The van der Waals surface area contributed by atoms with Crippen LogP contribution < -0.4 is 16.0 Å². The molecule has 0 bridgehead atoms. The maximum atomic E-state index is 12.4. The Bertz CT molecular complexity index is 553. The van der Waals surface area contributed by atoms with Crippen LogP contribution in [-0.4, -0.2) is 19.9 Å². The molecule has 0 saturated heterocycles. The van der Waals surface area contributed by atoms with Crippen molar-refractivity contribution in [3.8, 4) is 0 Å². The lowest BCUT2D eigenvalue weighted by Crippen LogP contribution is -2.36.